The minimum atomic E-state index is 0. The van der Waals surface area contributed by atoms with E-state index in [0.29, 0.717) is 12.0 Å². The first kappa shape index (κ1) is 15.5. The summed E-state index contributed by atoms with van der Waals surface area (Å²) in [6.07, 6.45) is 6.70. The van der Waals surface area contributed by atoms with Crippen LogP contribution in [0, 0.1) is 17.8 Å². The smallest absolute Gasteiger partial charge is 0.119 e. The van der Waals surface area contributed by atoms with Crippen LogP contribution in [0.15, 0.2) is 29.3 Å². The summed E-state index contributed by atoms with van der Waals surface area (Å²) in [7, 11) is 1.69. The van der Waals surface area contributed by atoms with Crippen LogP contribution in [0.4, 0.5) is 5.69 Å². The van der Waals surface area contributed by atoms with Crippen molar-refractivity contribution in [1.29, 1.82) is 0 Å². The third-order valence-electron chi connectivity index (χ3n) is 5.25. The maximum absolute atomic E-state index is 5.18. The Balaban J connectivity index is 0.00000144. The summed E-state index contributed by atoms with van der Waals surface area (Å²) >= 11 is 0. The average molecular weight is 321 g/mol. The predicted molar refractivity (Wildman–Crippen MR) is 84.5 cm³/mol. The number of methoxy groups -OCH3 is 1. The summed E-state index contributed by atoms with van der Waals surface area (Å²) in [5.41, 5.74) is 7.73. The van der Waals surface area contributed by atoms with E-state index in [1.54, 1.807) is 7.11 Å². The number of nitrogens with zero attached hydrogens (tertiary/aromatic N) is 1. The van der Waals surface area contributed by atoms with Crippen molar-refractivity contribution < 1.29 is 17.1 Å². The molecule has 2 unspecified atom stereocenters. The summed E-state index contributed by atoms with van der Waals surface area (Å²) < 4.78 is 5.18. The van der Waals surface area contributed by atoms with E-state index in [9.17, 15) is 0 Å². The van der Waals surface area contributed by atoms with Crippen molar-refractivity contribution in [2.45, 2.75) is 38.1 Å². The number of hydrogen-bond donors (Lipinski definition) is 2. The zero-order chi connectivity index (χ0) is 14.2. The lowest BCUT2D eigenvalue weighted by Gasteiger charge is -2.37. The van der Waals surface area contributed by atoms with Gasteiger partial charge in [-0.25, -0.2) is 0 Å². The van der Waals surface area contributed by atoms with Crippen LogP contribution in [0.25, 0.3) is 0 Å². The van der Waals surface area contributed by atoms with Gasteiger partial charge in [-0.3, -0.25) is 15.8 Å². The number of amidine groups is 1. The third kappa shape index (κ3) is 3.02. The van der Waals surface area contributed by atoms with Crippen molar-refractivity contribution in [3.8, 4) is 5.75 Å². The molecule has 2 atom stereocenters. The maximum Gasteiger partial charge on any atom is 0.119 e. The molecule has 5 rings (SSSR count). The Labute approximate surface area is 138 Å². The summed E-state index contributed by atoms with van der Waals surface area (Å²) in [4.78, 5) is 4.99. The number of ether oxygens (including phenoxy) is 1. The van der Waals surface area contributed by atoms with E-state index >= 15 is 0 Å². The fourth-order valence-corrected chi connectivity index (χ4v) is 4.39. The molecule has 2 heterocycles. The van der Waals surface area contributed by atoms with Gasteiger partial charge in [0.1, 0.15) is 11.6 Å². The highest BCUT2D eigenvalue weighted by Crippen LogP contribution is 2.46. The molecule has 2 aliphatic carbocycles. The van der Waals surface area contributed by atoms with E-state index in [4.69, 9.17) is 9.73 Å². The van der Waals surface area contributed by atoms with E-state index in [1.165, 1.54) is 37.9 Å². The van der Waals surface area contributed by atoms with Crippen molar-refractivity contribution in [3.63, 3.8) is 0 Å². The van der Waals surface area contributed by atoms with Crippen LogP contribution < -0.4 is 28.0 Å². The van der Waals surface area contributed by atoms with Crippen LogP contribution in [0.2, 0.25) is 0 Å². The molecule has 1 aromatic rings. The van der Waals surface area contributed by atoms with Crippen molar-refractivity contribution in [3.05, 3.63) is 24.3 Å². The molecule has 2 N–H and O–H groups in total. The Morgan fingerprint density at radius 3 is 2.27 bits per heavy atom. The second kappa shape index (κ2) is 6.37. The van der Waals surface area contributed by atoms with Crippen LogP contribution in [-0.2, 0) is 0 Å². The molecule has 2 fully saturated rings. The number of benzene rings is 1. The van der Waals surface area contributed by atoms with E-state index in [2.05, 4.69) is 10.9 Å². The topological polar surface area (TPSA) is 45.6 Å². The molecule has 0 radical (unpaired) electrons. The van der Waals surface area contributed by atoms with Gasteiger partial charge in [0.05, 0.1) is 18.8 Å². The number of anilines is 1. The lowest BCUT2D eigenvalue weighted by atomic mass is 9.68. The van der Waals surface area contributed by atoms with Gasteiger partial charge in [0.15, 0.2) is 0 Å². The molecule has 4 nitrogen and oxygen atoms in total. The molecule has 1 aromatic carbocycles. The molecule has 5 heteroatoms. The summed E-state index contributed by atoms with van der Waals surface area (Å²) in [6, 6.07) is 8.53. The normalized spacial score (nSPS) is 31.8. The van der Waals surface area contributed by atoms with Crippen molar-refractivity contribution in [1.82, 2.24) is 5.43 Å². The van der Waals surface area contributed by atoms with Crippen LogP contribution in [0.1, 0.15) is 32.1 Å². The third-order valence-corrected chi connectivity index (χ3v) is 5.25. The van der Waals surface area contributed by atoms with Gasteiger partial charge in [0.25, 0.3) is 0 Å². The largest absolute Gasteiger partial charge is 1.00 e. The number of rotatable bonds is 3. The molecule has 4 bridgehead atoms. The van der Waals surface area contributed by atoms with Gasteiger partial charge in [-0.2, -0.15) is 0 Å². The van der Waals surface area contributed by atoms with E-state index in [1.807, 2.05) is 24.3 Å². The molecule has 22 heavy (non-hydrogen) atoms. The van der Waals surface area contributed by atoms with Crippen molar-refractivity contribution in [2.24, 2.45) is 22.7 Å². The molecule has 2 aliphatic heterocycles. The molecule has 4 aliphatic rings. The molecular formula is C17H23ClN3O-. The van der Waals surface area contributed by atoms with Crippen molar-refractivity contribution >= 4 is 11.5 Å². The first-order chi connectivity index (χ1) is 10.3. The number of halogens is 1. The minimum absolute atomic E-state index is 0. The Kier molecular flexibility index (Phi) is 4.48. The minimum Gasteiger partial charge on any atom is -1.00 e. The molecular weight excluding hydrogens is 298 g/mol. The predicted octanol–water partition coefficient (Wildman–Crippen LogP) is 0.223. The average Bonchev–Trinajstić information content (AvgIpc) is 2.69. The number of hydrazine groups is 1. The van der Waals surface area contributed by atoms with E-state index < -0.39 is 0 Å². The molecule has 0 spiro atoms. The zero-order valence-electron chi connectivity index (χ0n) is 12.9. The summed E-state index contributed by atoms with van der Waals surface area (Å²) in [5, 5.41) is 0. The highest BCUT2D eigenvalue weighted by atomic mass is 35.5. The monoisotopic (exact) mass is 320 g/mol. The lowest BCUT2D eigenvalue weighted by molar-refractivity contribution is -0.00000512. The molecule has 2 saturated carbocycles. The van der Waals surface area contributed by atoms with Crippen LogP contribution >= 0.6 is 0 Å². The fourth-order valence-electron chi connectivity index (χ4n) is 4.39. The second-order valence-corrected chi connectivity index (χ2v) is 6.75. The van der Waals surface area contributed by atoms with Gasteiger partial charge in [-0.05, 0) is 68.2 Å². The van der Waals surface area contributed by atoms with Gasteiger partial charge in [0.2, 0.25) is 0 Å². The zero-order valence-corrected chi connectivity index (χ0v) is 13.6. The SMILES string of the molecule is COc1ccc(NNC2=NC3CC4CC(C3)CC2C4)cc1.[Cl-]. The Hall–Kier alpha value is -1.42. The van der Waals surface area contributed by atoms with E-state index in [-0.39, 0.29) is 12.4 Å². The van der Waals surface area contributed by atoms with Crippen LogP contribution in [-0.4, -0.2) is 19.0 Å². The fraction of sp³-hybridized carbons (Fsp3) is 0.588. The van der Waals surface area contributed by atoms with Gasteiger partial charge in [0, 0.05) is 5.92 Å². The van der Waals surface area contributed by atoms with Crippen molar-refractivity contribution in [2.75, 3.05) is 12.5 Å². The standard InChI is InChI=1S/C17H23N3O.ClH/c1-21-16-4-2-14(3-5-16)19-20-17-13-7-11-6-12(8-13)10-15(9-11)18-17;/h2-5,11-13,15,19H,6-10H2,1H3,(H,18,20);1H/p-1. The maximum atomic E-state index is 5.18. The van der Waals surface area contributed by atoms with Gasteiger partial charge in [-0.1, -0.05) is 0 Å². The molecule has 0 saturated heterocycles. The second-order valence-electron chi connectivity index (χ2n) is 6.75. The number of aliphatic imine (C=N–C) groups is 1. The quantitative estimate of drug-likeness (QED) is 0.783. The summed E-state index contributed by atoms with van der Waals surface area (Å²) in [5.74, 6) is 4.52. The highest BCUT2D eigenvalue weighted by Gasteiger charge is 2.40. The first-order valence-electron chi connectivity index (χ1n) is 8.04. The Morgan fingerprint density at radius 2 is 1.64 bits per heavy atom. The van der Waals surface area contributed by atoms with Crippen LogP contribution in [0.5, 0.6) is 5.75 Å². The summed E-state index contributed by atoms with van der Waals surface area (Å²) in [6.45, 7) is 0. The van der Waals surface area contributed by atoms with Gasteiger partial charge < -0.3 is 17.1 Å². The number of nitrogens with one attached hydrogen (secondary N) is 2. The van der Waals surface area contributed by atoms with Gasteiger partial charge in [-0.15, -0.1) is 0 Å². The first-order valence-corrected chi connectivity index (χ1v) is 8.04. The van der Waals surface area contributed by atoms with Crippen LogP contribution in [0.3, 0.4) is 0 Å². The van der Waals surface area contributed by atoms with Gasteiger partial charge >= 0.3 is 0 Å². The lowest BCUT2D eigenvalue weighted by Crippen LogP contribution is -3.00. The Bertz CT molecular complexity index is 531. The molecule has 120 valence electrons. The highest BCUT2D eigenvalue weighted by molar-refractivity contribution is 5.86. The molecule has 0 aromatic heterocycles. The number of hydrogen-bond acceptors (Lipinski definition) is 4. The van der Waals surface area contributed by atoms with E-state index in [0.717, 1.165) is 23.3 Å². The Morgan fingerprint density at radius 1 is 0.955 bits per heavy atom. The molecule has 0 amide bonds.